The van der Waals surface area contributed by atoms with E-state index in [0.717, 1.165) is 48.8 Å². The molecule has 0 saturated carbocycles. The predicted octanol–water partition coefficient (Wildman–Crippen LogP) is 5.02. The molecule has 1 aliphatic heterocycles. The Morgan fingerprint density at radius 3 is 2.35 bits per heavy atom. The van der Waals surface area contributed by atoms with E-state index in [4.69, 9.17) is 9.72 Å². The summed E-state index contributed by atoms with van der Waals surface area (Å²) in [5, 5.41) is 0. The van der Waals surface area contributed by atoms with Crippen molar-refractivity contribution in [1.82, 2.24) is 23.8 Å². The second-order valence-corrected chi connectivity index (χ2v) is 9.51. The fourth-order valence-electron chi connectivity index (χ4n) is 5.10. The van der Waals surface area contributed by atoms with Crippen molar-refractivity contribution < 1.29 is 4.74 Å². The van der Waals surface area contributed by atoms with Gasteiger partial charge in [-0.25, -0.2) is 4.98 Å². The molecular weight excluding hydrogens is 422 g/mol. The number of nitrogens with zero attached hydrogens (tertiary/aromatic N) is 5. The van der Waals surface area contributed by atoms with Crippen LogP contribution in [0.5, 0.6) is 5.75 Å². The second kappa shape index (κ2) is 9.28. The zero-order chi connectivity index (χ0) is 23.8. The van der Waals surface area contributed by atoms with Crippen molar-refractivity contribution in [3.05, 3.63) is 66.1 Å². The number of aromatic nitrogens is 3. The lowest BCUT2D eigenvalue weighted by Crippen LogP contribution is -2.32. The molecule has 6 heteroatoms. The number of hydrogen-bond donors (Lipinski definition) is 0. The number of rotatable bonds is 5. The summed E-state index contributed by atoms with van der Waals surface area (Å²) in [6.07, 6.45) is 3.45. The van der Waals surface area contributed by atoms with Crippen LogP contribution >= 0.6 is 0 Å². The molecule has 4 heterocycles. The second-order valence-electron chi connectivity index (χ2n) is 9.51. The molecule has 0 bridgehead atoms. The quantitative estimate of drug-likeness (QED) is 0.422. The minimum absolute atomic E-state index is 0.240. The van der Waals surface area contributed by atoms with Crippen LogP contribution < -0.4 is 4.74 Å². The van der Waals surface area contributed by atoms with E-state index in [1.165, 1.54) is 29.1 Å². The van der Waals surface area contributed by atoms with Crippen LogP contribution in [0, 0.1) is 6.92 Å². The molecular formula is C28H35N5O. The highest BCUT2D eigenvalue weighted by Crippen LogP contribution is 2.34. The van der Waals surface area contributed by atoms with E-state index in [0.29, 0.717) is 0 Å². The van der Waals surface area contributed by atoms with Crippen molar-refractivity contribution in [3.8, 4) is 28.3 Å². The Morgan fingerprint density at radius 1 is 0.882 bits per heavy atom. The number of ether oxygens (including phenoxy) is 1. The summed E-state index contributed by atoms with van der Waals surface area (Å²) in [5.74, 6) is 0.860. The van der Waals surface area contributed by atoms with Crippen molar-refractivity contribution in [2.45, 2.75) is 26.3 Å². The van der Waals surface area contributed by atoms with Crippen molar-refractivity contribution in [3.63, 3.8) is 0 Å². The van der Waals surface area contributed by atoms with Gasteiger partial charge in [0.05, 0.1) is 18.5 Å². The van der Waals surface area contributed by atoms with E-state index in [9.17, 15) is 0 Å². The Balaban J connectivity index is 1.66. The molecule has 0 radical (unpaired) electrons. The van der Waals surface area contributed by atoms with Gasteiger partial charge < -0.3 is 18.6 Å². The van der Waals surface area contributed by atoms with E-state index in [1.54, 1.807) is 7.11 Å². The van der Waals surface area contributed by atoms with Crippen LogP contribution in [0.3, 0.4) is 0 Å². The molecule has 1 atom stereocenters. The van der Waals surface area contributed by atoms with Crippen LogP contribution in [0.2, 0.25) is 0 Å². The first-order chi connectivity index (χ1) is 16.5. The molecule has 6 nitrogen and oxygen atoms in total. The summed E-state index contributed by atoms with van der Waals surface area (Å²) in [4.78, 5) is 10.2. The first-order valence-electron chi connectivity index (χ1n) is 12.2. The summed E-state index contributed by atoms with van der Waals surface area (Å²) in [6, 6.07) is 17.2. The van der Waals surface area contributed by atoms with E-state index >= 15 is 0 Å². The maximum absolute atomic E-state index is 5.40. The van der Waals surface area contributed by atoms with Gasteiger partial charge in [-0.2, -0.15) is 0 Å². The molecule has 34 heavy (non-hydrogen) atoms. The largest absolute Gasteiger partial charge is 0.497 e. The summed E-state index contributed by atoms with van der Waals surface area (Å²) < 4.78 is 9.96. The van der Waals surface area contributed by atoms with Gasteiger partial charge in [0.15, 0.2) is 0 Å². The normalized spacial score (nSPS) is 16.6. The maximum Gasteiger partial charge on any atom is 0.137 e. The molecule has 5 rings (SSSR count). The lowest BCUT2D eigenvalue weighted by molar-refractivity contribution is 0.213. The first kappa shape index (κ1) is 22.7. The Labute approximate surface area is 202 Å². The number of methoxy groups -OCH3 is 1. The van der Waals surface area contributed by atoms with E-state index < -0.39 is 0 Å². The monoisotopic (exact) mass is 457 g/mol. The van der Waals surface area contributed by atoms with Gasteiger partial charge in [-0.3, -0.25) is 4.90 Å². The number of pyridine rings is 1. The number of likely N-dealkylation sites (N-methyl/N-ethyl adjacent to an activating group) is 1. The average Bonchev–Trinajstić information content (AvgIpc) is 3.31. The van der Waals surface area contributed by atoms with Gasteiger partial charge in [-0.05, 0) is 82.4 Å². The zero-order valence-electron chi connectivity index (χ0n) is 21.0. The molecule has 1 fully saturated rings. The number of aryl methyl sites for hydroxylation is 1. The molecule has 178 valence electrons. The van der Waals surface area contributed by atoms with Gasteiger partial charge in [0.2, 0.25) is 0 Å². The number of imidazole rings is 1. The fourth-order valence-corrected chi connectivity index (χ4v) is 5.10. The van der Waals surface area contributed by atoms with Crippen molar-refractivity contribution >= 4 is 5.65 Å². The molecule has 4 aromatic rings. The molecule has 0 spiro atoms. The van der Waals surface area contributed by atoms with E-state index in [-0.39, 0.29) is 6.04 Å². The third kappa shape index (κ3) is 4.12. The van der Waals surface area contributed by atoms with E-state index in [2.05, 4.69) is 89.3 Å². The molecule has 1 unspecified atom stereocenters. The van der Waals surface area contributed by atoms with Crippen LogP contribution in [0.15, 0.2) is 54.7 Å². The van der Waals surface area contributed by atoms with Gasteiger partial charge in [-0.15, -0.1) is 0 Å². The Bertz CT molecular complexity index is 1290. The minimum Gasteiger partial charge on any atom is -0.497 e. The highest BCUT2D eigenvalue weighted by atomic mass is 16.5. The van der Waals surface area contributed by atoms with Gasteiger partial charge in [-0.1, -0.05) is 0 Å². The van der Waals surface area contributed by atoms with Crippen LogP contribution in [0.4, 0.5) is 0 Å². The smallest absolute Gasteiger partial charge is 0.137 e. The Hall–Kier alpha value is -3.09. The standard InChI is InChI=1S/C28H35N5O/c1-20-7-13-25(31(20)4)23-10-14-26-29-27(22-8-11-24(34-5)12-9-22)28(33(26)19-23)21(2)32-16-6-15-30(3)17-18-32/h7-14,19,21H,6,15-18H2,1-5H3. The van der Waals surface area contributed by atoms with Gasteiger partial charge >= 0.3 is 0 Å². The van der Waals surface area contributed by atoms with Crippen molar-refractivity contribution in [2.24, 2.45) is 7.05 Å². The average molecular weight is 458 g/mol. The summed E-state index contributed by atoms with van der Waals surface area (Å²) in [5.41, 5.74) is 8.07. The van der Waals surface area contributed by atoms with Crippen LogP contribution in [-0.4, -0.2) is 64.1 Å². The summed E-state index contributed by atoms with van der Waals surface area (Å²) in [6.45, 7) is 8.87. The number of hydrogen-bond acceptors (Lipinski definition) is 4. The molecule has 3 aromatic heterocycles. The summed E-state index contributed by atoms with van der Waals surface area (Å²) in [7, 11) is 6.05. The maximum atomic E-state index is 5.40. The SMILES string of the molecule is COc1ccc(-c2nc3ccc(-c4ccc(C)n4C)cn3c2C(C)N2CCCN(C)CC2)cc1. The highest BCUT2D eigenvalue weighted by Gasteiger charge is 2.26. The third-order valence-corrected chi connectivity index (χ3v) is 7.39. The van der Waals surface area contributed by atoms with Gasteiger partial charge in [0.25, 0.3) is 0 Å². The van der Waals surface area contributed by atoms with Crippen molar-refractivity contribution in [1.29, 1.82) is 0 Å². The molecule has 1 saturated heterocycles. The van der Waals surface area contributed by atoms with Gasteiger partial charge in [0.1, 0.15) is 11.4 Å². The third-order valence-electron chi connectivity index (χ3n) is 7.39. The van der Waals surface area contributed by atoms with Gasteiger partial charge in [0, 0.05) is 61.4 Å². The number of fused-ring (bicyclic) bond motifs is 1. The van der Waals surface area contributed by atoms with Crippen LogP contribution in [0.25, 0.3) is 28.2 Å². The number of benzene rings is 1. The zero-order valence-corrected chi connectivity index (χ0v) is 21.0. The Kier molecular flexibility index (Phi) is 6.19. The van der Waals surface area contributed by atoms with E-state index in [1.807, 2.05) is 12.1 Å². The molecule has 0 amide bonds. The molecule has 0 aliphatic carbocycles. The molecule has 1 aliphatic rings. The highest BCUT2D eigenvalue weighted by molar-refractivity contribution is 5.70. The lowest BCUT2D eigenvalue weighted by atomic mass is 10.0. The molecule has 0 N–H and O–H groups in total. The predicted molar refractivity (Wildman–Crippen MR) is 138 cm³/mol. The van der Waals surface area contributed by atoms with Crippen LogP contribution in [-0.2, 0) is 7.05 Å². The van der Waals surface area contributed by atoms with Crippen LogP contribution in [0.1, 0.15) is 30.8 Å². The Morgan fingerprint density at radius 2 is 1.65 bits per heavy atom. The fraction of sp³-hybridized carbons (Fsp3) is 0.393. The first-order valence-corrected chi connectivity index (χ1v) is 12.2. The topological polar surface area (TPSA) is 37.9 Å². The summed E-state index contributed by atoms with van der Waals surface area (Å²) >= 11 is 0. The lowest BCUT2D eigenvalue weighted by Gasteiger charge is -2.28. The van der Waals surface area contributed by atoms with Crippen molar-refractivity contribution in [2.75, 3.05) is 40.3 Å². The minimum atomic E-state index is 0.240. The molecule has 1 aromatic carbocycles.